The molecule has 5 heteroatoms. The summed E-state index contributed by atoms with van der Waals surface area (Å²) in [6.07, 6.45) is 0. The van der Waals surface area contributed by atoms with Crippen LogP contribution in [0.1, 0.15) is 39.0 Å². The predicted octanol–water partition coefficient (Wildman–Crippen LogP) is 1.16. The Bertz CT molecular complexity index is 581. The molecule has 2 bridgehead atoms. The summed E-state index contributed by atoms with van der Waals surface area (Å²) in [7, 11) is 0. The van der Waals surface area contributed by atoms with Gasteiger partial charge in [0.15, 0.2) is 5.78 Å². The van der Waals surface area contributed by atoms with Crippen molar-refractivity contribution in [2.45, 2.75) is 20.8 Å². The number of piperazine rings is 3. The van der Waals surface area contributed by atoms with Gasteiger partial charge in [0.2, 0.25) is 5.78 Å². The molecule has 0 spiro atoms. The molecule has 1 aromatic rings. The van der Waals surface area contributed by atoms with Crippen molar-refractivity contribution in [3.63, 3.8) is 0 Å². The summed E-state index contributed by atoms with van der Waals surface area (Å²) in [5, 5.41) is 0. The second-order valence-electron chi connectivity index (χ2n) is 6.62. The quantitative estimate of drug-likeness (QED) is 0.669. The molecule has 5 nitrogen and oxygen atoms in total. The number of aryl methyl sites for hydroxylation is 1. The molecule has 3 aliphatic rings. The van der Waals surface area contributed by atoms with Crippen molar-refractivity contribution >= 4 is 11.6 Å². The first-order valence-corrected chi connectivity index (χ1v) is 7.73. The van der Waals surface area contributed by atoms with E-state index < -0.39 is 0 Å². The van der Waals surface area contributed by atoms with Gasteiger partial charge < -0.3 is 9.47 Å². The third kappa shape index (κ3) is 2.45. The summed E-state index contributed by atoms with van der Waals surface area (Å²) in [5.74, 6) is 0.178. The number of aromatic nitrogens is 1. The second kappa shape index (κ2) is 5.07. The average Bonchev–Trinajstić information content (AvgIpc) is 2.75. The fourth-order valence-corrected chi connectivity index (χ4v) is 3.91. The van der Waals surface area contributed by atoms with Gasteiger partial charge in [-0.05, 0) is 26.3 Å². The Kier molecular flexibility index (Phi) is 3.50. The minimum absolute atomic E-state index is 0.0268. The maximum Gasteiger partial charge on any atom is 0.233 e. The Labute approximate surface area is 125 Å². The SMILES string of the molecule is CC(=O)c1c(C)[nH]c(C(=O)C[N+]23CCN(CC2)CC3)c1C. The summed E-state index contributed by atoms with van der Waals surface area (Å²) in [6.45, 7) is 12.4. The van der Waals surface area contributed by atoms with Crippen LogP contribution in [0.15, 0.2) is 0 Å². The van der Waals surface area contributed by atoms with Gasteiger partial charge in [-0.2, -0.15) is 0 Å². The van der Waals surface area contributed by atoms with Crippen LogP contribution in [0.25, 0.3) is 0 Å². The fourth-order valence-electron chi connectivity index (χ4n) is 3.91. The number of hydrogen-bond acceptors (Lipinski definition) is 3. The normalized spacial score (nSPS) is 27.9. The van der Waals surface area contributed by atoms with Gasteiger partial charge in [0, 0.05) is 30.9 Å². The topological polar surface area (TPSA) is 53.2 Å². The number of H-pyrrole nitrogens is 1. The molecule has 4 rings (SSSR count). The van der Waals surface area contributed by atoms with E-state index in [1.807, 2.05) is 13.8 Å². The number of fused-ring (bicyclic) bond motifs is 3. The van der Waals surface area contributed by atoms with Crippen molar-refractivity contribution in [3.05, 3.63) is 22.5 Å². The van der Waals surface area contributed by atoms with E-state index in [4.69, 9.17) is 0 Å². The summed E-state index contributed by atoms with van der Waals surface area (Å²) in [5.41, 5.74) is 2.95. The summed E-state index contributed by atoms with van der Waals surface area (Å²) < 4.78 is 0.919. The van der Waals surface area contributed by atoms with E-state index in [-0.39, 0.29) is 11.6 Å². The zero-order chi connectivity index (χ0) is 15.2. The van der Waals surface area contributed by atoms with Gasteiger partial charge in [-0.25, -0.2) is 0 Å². The maximum absolute atomic E-state index is 12.7. The van der Waals surface area contributed by atoms with Crippen LogP contribution < -0.4 is 0 Å². The molecule has 3 fully saturated rings. The lowest BCUT2D eigenvalue weighted by atomic mass is 10.0. The monoisotopic (exact) mass is 290 g/mol. The summed E-state index contributed by atoms with van der Waals surface area (Å²) in [6, 6.07) is 0. The van der Waals surface area contributed by atoms with Crippen molar-refractivity contribution in [2.24, 2.45) is 0 Å². The zero-order valence-electron chi connectivity index (χ0n) is 13.2. The molecule has 3 saturated heterocycles. The molecule has 0 aromatic carbocycles. The van der Waals surface area contributed by atoms with Crippen LogP contribution in [0.4, 0.5) is 0 Å². The Morgan fingerprint density at radius 2 is 1.71 bits per heavy atom. The number of aromatic amines is 1. The van der Waals surface area contributed by atoms with Crippen LogP contribution >= 0.6 is 0 Å². The average molecular weight is 290 g/mol. The zero-order valence-corrected chi connectivity index (χ0v) is 13.2. The minimum Gasteiger partial charge on any atom is -0.355 e. The first-order chi connectivity index (χ1) is 9.92. The Morgan fingerprint density at radius 1 is 1.14 bits per heavy atom. The molecule has 0 radical (unpaired) electrons. The number of rotatable bonds is 4. The molecule has 1 N–H and O–H groups in total. The molecule has 0 unspecified atom stereocenters. The number of hydrogen-bond donors (Lipinski definition) is 1. The molecule has 21 heavy (non-hydrogen) atoms. The first-order valence-electron chi connectivity index (χ1n) is 7.73. The number of carbonyl (C=O) groups is 2. The number of Topliss-reactive ketones (excluding diaryl/α,β-unsaturated/α-hetero) is 2. The molecule has 0 amide bonds. The second-order valence-corrected chi connectivity index (χ2v) is 6.62. The molecule has 114 valence electrons. The highest BCUT2D eigenvalue weighted by Gasteiger charge is 2.40. The van der Waals surface area contributed by atoms with Crippen LogP contribution in [0.3, 0.4) is 0 Å². The van der Waals surface area contributed by atoms with E-state index in [0.717, 1.165) is 55.0 Å². The Hall–Kier alpha value is -1.46. The van der Waals surface area contributed by atoms with Crippen LogP contribution in [0, 0.1) is 13.8 Å². The van der Waals surface area contributed by atoms with Crippen LogP contribution in [-0.4, -0.2) is 71.7 Å². The van der Waals surface area contributed by atoms with Crippen molar-refractivity contribution in [2.75, 3.05) is 45.8 Å². The largest absolute Gasteiger partial charge is 0.355 e. The number of carbonyl (C=O) groups excluding carboxylic acids is 2. The molecule has 0 aliphatic carbocycles. The molecule has 1 aromatic heterocycles. The van der Waals surface area contributed by atoms with Gasteiger partial charge >= 0.3 is 0 Å². The lowest BCUT2D eigenvalue weighted by Gasteiger charge is -2.50. The van der Waals surface area contributed by atoms with E-state index in [9.17, 15) is 9.59 Å². The number of nitrogens with one attached hydrogen (secondary N) is 1. The smallest absolute Gasteiger partial charge is 0.233 e. The summed E-state index contributed by atoms with van der Waals surface area (Å²) in [4.78, 5) is 30.1. The lowest BCUT2D eigenvalue weighted by molar-refractivity contribution is -0.933. The molecule has 4 heterocycles. The highest BCUT2D eigenvalue weighted by Crippen LogP contribution is 2.23. The highest BCUT2D eigenvalue weighted by atomic mass is 16.1. The molecule has 0 atom stereocenters. The van der Waals surface area contributed by atoms with Crippen molar-refractivity contribution in [3.8, 4) is 0 Å². The van der Waals surface area contributed by atoms with Gasteiger partial charge in [0.05, 0.1) is 25.3 Å². The van der Waals surface area contributed by atoms with E-state index in [1.54, 1.807) is 6.92 Å². The Morgan fingerprint density at radius 3 is 2.19 bits per heavy atom. The molecular weight excluding hydrogens is 266 g/mol. The molecule has 3 aliphatic heterocycles. The van der Waals surface area contributed by atoms with Crippen molar-refractivity contribution < 1.29 is 14.1 Å². The molecular formula is C16H24N3O2+. The van der Waals surface area contributed by atoms with Gasteiger partial charge in [-0.15, -0.1) is 0 Å². The third-order valence-corrected chi connectivity index (χ3v) is 5.22. The predicted molar refractivity (Wildman–Crippen MR) is 80.8 cm³/mol. The van der Waals surface area contributed by atoms with Crippen LogP contribution in [-0.2, 0) is 0 Å². The Balaban J connectivity index is 1.83. The van der Waals surface area contributed by atoms with Crippen LogP contribution in [0.2, 0.25) is 0 Å². The van der Waals surface area contributed by atoms with Gasteiger partial charge in [0.1, 0.15) is 6.54 Å². The van der Waals surface area contributed by atoms with E-state index >= 15 is 0 Å². The van der Waals surface area contributed by atoms with E-state index in [0.29, 0.717) is 17.8 Å². The van der Waals surface area contributed by atoms with Crippen molar-refractivity contribution in [1.82, 2.24) is 9.88 Å². The van der Waals surface area contributed by atoms with E-state index in [1.165, 1.54) is 0 Å². The number of quaternary nitrogens is 1. The summed E-state index contributed by atoms with van der Waals surface area (Å²) >= 11 is 0. The number of nitrogens with zero attached hydrogens (tertiary/aromatic N) is 2. The molecule has 0 saturated carbocycles. The fraction of sp³-hybridized carbons (Fsp3) is 0.625. The van der Waals surface area contributed by atoms with Crippen LogP contribution in [0.5, 0.6) is 0 Å². The van der Waals surface area contributed by atoms with Crippen molar-refractivity contribution in [1.29, 1.82) is 0 Å². The standard InChI is InChI=1S/C16H23N3O2/c1-11-15(13(3)20)12(2)17-16(11)14(21)10-19-7-4-18(5-8-19)6-9-19/h4-10H2,1-3H3/p+1. The van der Waals surface area contributed by atoms with E-state index in [2.05, 4.69) is 9.88 Å². The van der Waals surface area contributed by atoms with Gasteiger partial charge in [-0.1, -0.05) is 0 Å². The maximum atomic E-state index is 12.7. The minimum atomic E-state index is 0.0268. The van der Waals surface area contributed by atoms with Gasteiger partial charge in [-0.3, -0.25) is 14.5 Å². The number of ketones is 2. The first kappa shape index (κ1) is 14.5. The van der Waals surface area contributed by atoms with Gasteiger partial charge in [0.25, 0.3) is 0 Å². The third-order valence-electron chi connectivity index (χ3n) is 5.22. The lowest BCUT2D eigenvalue weighted by Crippen LogP contribution is -2.68. The highest BCUT2D eigenvalue weighted by molar-refractivity contribution is 6.03.